The number of amides is 2. The van der Waals surface area contributed by atoms with Crippen molar-refractivity contribution in [1.29, 1.82) is 0 Å². The molecule has 0 aromatic heterocycles. The van der Waals surface area contributed by atoms with Gasteiger partial charge in [-0.05, 0) is 67.3 Å². The van der Waals surface area contributed by atoms with Crippen LogP contribution in [0.15, 0.2) is 42.5 Å². The SMILES string of the molecule is COc1ccc(C(=O)Nc2ccc3c(c2)CC(C(=O)NC2CCCC2)CO3)cc1. The minimum atomic E-state index is -0.198. The molecule has 2 aromatic carbocycles. The van der Waals surface area contributed by atoms with E-state index in [9.17, 15) is 9.59 Å². The molecular weight excluding hydrogens is 368 g/mol. The Bertz CT molecular complexity index is 888. The molecule has 0 bridgehead atoms. The Balaban J connectivity index is 1.41. The number of anilines is 1. The highest BCUT2D eigenvalue weighted by Gasteiger charge is 2.28. The maximum atomic E-state index is 12.6. The van der Waals surface area contributed by atoms with Crippen molar-refractivity contribution in [3.05, 3.63) is 53.6 Å². The average molecular weight is 394 g/mol. The largest absolute Gasteiger partial charge is 0.497 e. The molecule has 0 spiro atoms. The molecule has 1 heterocycles. The van der Waals surface area contributed by atoms with E-state index in [2.05, 4.69) is 10.6 Å². The Morgan fingerprint density at radius 3 is 2.55 bits per heavy atom. The van der Waals surface area contributed by atoms with Gasteiger partial charge < -0.3 is 20.1 Å². The standard InChI is InChI=1S/C23H26N2O4/c1-28-20-9-6-15(7-10-20)22(26)25-19-8-11-21-16(13-19)12-17(14-29-21)23(27)24-18-4-2-3-5-18/h6-11,13,17-18H,2-5,12,14H2,1H3,(H,24,27)(H,25,26). The van der Waals surface area contributed by atoms with Gasteiger partial charge in [-0.25, -0.2) is 0 Å². The molecule has 29 heavy (non-hydrogen) atoms. The number of fused-ring (bicyclic) bond motifs is 1. The van der Waals surface area contributed by atoms with Crippen LogP contribution in [0.1, 0.15) is 41.6 Å². The smallest absolute Gasteiger partial charge is 0.255 e. The third-order valence-electron chi connectivity index (χ3n) is 5.65. The molecule has 1 saturated carbocycles. The Kier molecular flexibility index (Phi) is 5.69. The highest BCUT2D eigenvalue weighted by molar-refractivity contribution is 6.04. The maximum absolute atomic E-state index is 12.6. The molecule has 6 nitrogen and oxygen atoms in total. The highest BCUT2D eigenvalue weighted by Crippen LogP contribution is 2.30. The third-order valence-corrected chi connectivity index (χ3v) is 5.65. The zero-order chi connectivity index (χ0) is 20.2. The fourth-order valence-corrected chi connectivity index (χ4v) is 3.98. The van der Waals surface area contributed by atoms with E-state index < -0.39 is 0 Å². The summed E-state index contributed by atoms with van der Waals surface area (Å²) in [6, 6.07) is 12.8. The number of carbonyl (C=O) groups excluding carboxylic acids is 2. The van der Waals surface area contributed by atoms with Gasteiger partial charge in [0.2, 0.25) is 5.91 Å². The normalized spacial score (nSPS) is 18.4. The van der Waals surface area contributed by atoms with Crippen LogP contribution in [0.5, 0.6) is 11.5 Å². The fraction of sp³-hybridized carbons (Fsp3) is 0.391. The summed E-state index contributed by atoms with van der Waals surface area (Å²) in [7, 11) is 1.59. The Morgan fingerprint density at radius 1 is 1.07 bits per heavy atom. The van der Waals surface area contributed by atoms with Crippen molar-refractivity contribution in [2.24, 2.45) is 5.92 Å². The second-order valence-electron chi connectivity index (χ2n) is 7.71. The number of hydrogen-bond donors (Lipinski definition) is 2. The zero-order valence-corrected chi connectivity index (χ0v) is 16.6. The van der Waals surface area contributed by atoms with Gasteiger partial charge >= 0.3 is 0 Å². The Hall–Kier alpha value is -3.02. The summed E-state index contributed by atoms with van der Waals surface area (Å²) in [5.74, 6) is 1.15. The lowest BCUT2D eigenvalue weighted by molar-refractivity contribution is -0.127. The van der Waals surface area contributed by atoms with Gasteiger partial charge in [-0.2, -0.15) is 0 Å². The van der Waals surface area contributed by atoms with E-state index in [0.29, 0.717) is 36.1 Å². The van der Waals surface area contributed by atoms with Crippen LogP contribution < -0.4 is 20.1 Å². The van der Waals surface area contributed by atoms with E-state index in [1.807, 2.05) is 18.2 Å². The second kappa shape index (κ2) is 8.55. The number of methoxy groups -OCH3 is 1. The molecule has 1 unspecified atom stereocenters. The summed E-state index contributed by atoms with van der Waals surface area (Å²) in [6.45, 7) is 0.392. The minimum Gasteiger partial charge on any atom is -0.497 e. The fourth-order valence-electron chi connectivity index (χ4n) is 3.98. The molecule has 1 aliphatic heterocycles. The predicted octanol–water partition coefficient (Wildman–Crippen LogP) is 3.56. The lowest BCUT2D eigenvalue weighted by Gasteiger charge is -2.26. The predicted molar refractivity (Wildman–Crippen MR) is 110 cm³/mol. The molecule has 0 saturated heterocycles. The summed E-state index contributed by atoms with van der Waals surface area (Å²) >= 11 is 0. The molecule has 2 aliphatic rings. The number of ether oxygens (including phenoxy) is 2. The summed E-state index contributed by atoms with van der Waals surface area (Å²) in [4.78, 5) is 25.1. The van der Waals surface area contributed by atoms with Crippen molar-refractivity contribution in [1.82, 2.24) is 5.32 Å². The molecule has 6 heteroatoms. The lowest BCUT2D eigenvalue weighted by Crippen LogP contribution is -2.41. The molecule has 0 radical (unpaired) electrons. The first kappa shape index (κ1) is 19.3. The zero-order valence-electron chi connectivity index (χ0n) is 16.6. The van der Waals surface area contributed by atoms with Gasteiger partial charge in [-0.3, -0.25) is 9.59 Å². The van der Waals surface area contributed by atoms with Crippen LogP contribution in [0.2, 0.25) is 0 Å². The first-order chi connectivity index (χ1) is 14.1. The van der Waals surface area contributed by atoms with Gasteiger partial charge in [0, 0.05) is 17.3 Å². The maximum Gasteiger partial charge on any atom is 0.255 e. The van der Waals surface area contributed by atoms with E-state index >= 15 is 0 Å². The van der Waals surface area contributed by atoms with Crippen LogP contribution >= 0.6 is 0 Å². The van der Waals surface area contributed by atoms with Crippen LogP contribution in [-0.2, 0) is 11.2 Å². The van der Waals surface area contributed by atoms with E-state index in [1.165, 1.54) is 12.8 Å². The van der Waals surface area contributed by atoms with E-state index in [1.54, 1.807) is 31.4 Å². The van der Waals surface area contributed by atoms with Crippen LogP contribution in [0.25, 0.3) is 0 Å². The molecule has 2 aromatic rings. The van der Waals surface area contributed by atoms with Crippen molar-refractivity contribution >= 4 is 17.5 Å². The van der Waals surface area contributed by atoms with Gasteiger partial charge in [-0.15, -0.1) is 0 Å². The quantitative estimate of drug-likeness (QED) is 0.813. The average Bonchev–Trinajstić information content (AvgIpc) is 3.26. The molecule has 4 rings (SSSR count). The number of hydrogen-bond acceptors (Lipinski definition) is 4. The highest BCUT2D eigenvalue weighted by atomic mass is 16.5. The summed E-state index contributed by atoms with van der Waals surface area (Å²) in [6.07, 6.45) is 5.12. The first-order valence-corrected chi connectivity index (χ1v) is 10.1. The number of benzene rings is 2. The number of nitrogens with one attached hydrogen (secondary N) is 2. The van der Waals surface area contributed by atoms with Gasteiger partial charge in [0.05, 0.1) is 13.0 Å². The summed E-state index contributed by atoms with van der Waals surface area (Å²) < 4.78 is 10.9. The third kappa shape index (κ3) is 4.53. The molecule has 2 N–H and O–H groups in total. The van der Waals surface area contributed by atoms with E-state index in [4.69, 9.17) is 9.47 Å². The summed E-state index contributed by atoms with van der Waals surface area (Å²) in [5.41, 5.74) is 2.17. The van der Waals surface area contributed by atoms with Gasteiger partial charge in [0.25, 0.3) is 5.91 Å². The number of rotatable bonds is 5. The Morgan fingerprint density at radius 2 is 1.83 bits per heavy atom. The molecule has 1 fully saturated rings. The molecule has 152 valence electrons. The molecule has 1 atom stereocenters. The van der Waals surface area contributed by atoms with Gasteiger partial charge in [0.15, 0.2) is 0 Å². The second-order valence-corrected chi connectivity index (χ2v) is 7.71. The van der Waals surface area contributed by atoms with E-state index in [-0.39, 0.29) is 17.7 Å². The molecule has 2 amide bonds. The molecule has 1 aliphatic carbocycles. The van der Waals surface area contributed by atoms with Crippen molar-refractivity contribution in [3.63, 3.8) is 0 Å². The van der Waals surface area contributed by atoms with Crippen LogP contribution in [0, 0.1) is 5.92 Å². The monoisotopic (exact) mass is 394 g/mol. The minimum absolute atomic E-state index is 0.0650. The van der Waals surface area contributed by atoms with Crippen molar-refractivity contribution in [2.45, 2.75) is 38.1 Å². The van der Waals surface area contributed by atoms with Crippen LogP contribution in [0.3, 0.4) is 0 Å². The first-order valence-electron chi connectivity index (χ1n) is 10.1. The Labute approximate surface area is 170 Å². The lowest BCUT2D eigenvalue weighted by atomic mass is 9.95. The van der Waals surface area contributed by atoms with Crippen molar-refractivity contribution < 1.29 is 19.1 Å². The van der Waals surface area contributed by atoms with Crippen molar-refractivity contribution in [2.75, 3.05) is 19.0 Å². The van der Waals surface area contributed by atoms with Gasteiger partial charge in [-0.1, -0.05) is 12.8 Å². The summed E-state index contributed by atoms with van der Waals surface area (Å²) in [5, 5.41) is 6.07. The van der Waals surface area contributed by atoms with Crippen LogP contribution in [0.4, 0.5) is 5.69 Å². The topological polar surface area (TPSA) is 76.7 Å². The molecular formula is C23H26N2O4. The van der Waals surface area contributed by atoms with Gasteiger partial charge in [0.1, 0.15) is 18.1 Å². The number of carbonyl (C=O) groups is 2. The van der Waals surface area contributed by atoms with E-state index in [0.717, 1.165) is 24.2 Å². The van der Waals surface area contributed by atoms with Crippen molar-refractivity contribution in [3.8, 4) is 11.5 Å². The van der Waals surface area contributed by atoms with Crippen LogP contribution in [-0.4, -0.2) is 31.6 Å².